The van der Waals surface area contributed by atoms with Gasteiger partial charge in [-0.15, -0.1) is 0 Å². The van der Waals surface area contributed by atoms with Gasteiger partial charge in [-0.05, 0) is 109 Å². The predicted molar refractivity (Wildman–Crippen MR) is 353 cm³/mol. The van der Waals surface area contributed by atoms with E-state index >= 15 is 0 Å². The summed E-state index contributed by atoms with van der Waals surface area (Å²) in [4.78, 5) is 38.3. The minimum atomic E-state index is -0.783. The minimum absolute atomic E-state index is 0.0793. The Hall–Kier alpha value is -4.19. The maximum atomic E-state index is 12.9. The third-order valence-corrected chi connectivity index (χ3v) is 14.5. The standard InChI is InChI=1S/C75H126O6/c1-4-7-10-13-16-19-21-23-25-27-29-31-33-35-36-37-38-40-41-43-45-47-49-51-53-56-59-62-65-68-74(77)80-71-72(70-79-73(76)67-64-61-58-55-18-15-12-9-6-3)81-75(78)69-66-63-60-57-54-52-50-48-46-44-42-39-34-32-30-28-26-24-22-20-17-14-11-8-5-2/h7-8,10-11,16-17,19-20,23-26,29-32,35-36,39,42,72H,4-6,9,12-15,18,21-22,27-28,33-34,37-38,40-41,43-71H2,1-3H3/b10-7-,11-8-,19-16-,20-17-,25-23-,26-24-,31-29-,32-30-,36-35-,42-39-. The second-order valence-electron chi connectivity index (χ2n) is 22.3. The molecule has 462 valence electrons. The molecule has 6 heteroatoms. The molecule has 6 nitrogen and oxygen atoms in total. The van der Waals surface area contributed by atoms with Crippen molar-refractivity contribution in [3.05, 3.63) is 122 Å². The Balaban J connectivity index is 4.20. The van der Waals surface area contributed by atoms with Crippen LogP contribution in [0.4, 0.5) is 0 Å². The van der Waals surface area contributed by atoms with E-state index in [0.717, 1.165) is 128 Å². The van der Waals surface area contributed by atoms with Gasteiger partial charge in [0, 0.05) is 19.3 Å². The highest BCUT2D eigenvalue weighted by Gasteiger charge is 2.19. The van der Waals surface area contributed by atoms with E-state index in [1.807, 2.05) is 0 Å². The summed E-state index contributed by atoms with van der Waals surface area (Å²) in [6, 6.07) is 0. The molecule has 0 rings (SSSR count). The van der Waals surface area contributed by atoms with E-state index in [1.54, 1.807) is 0 Å². The van der Waals surface area contributed by atoms with Gasteiger partial charge < -0.3 is 14.2 Å². The topological polar surface area (TPSA) is 78.9 Å². The Morgan fingerprint density at radius 3 is 0.753 bits per heavy atom. The first-order valence-corrected chi connectivity index (χ1v) is 34.0. The summed E-state index contributed by atoms with van der Waals surface area (Å²) in [5, 5.41) is 0. The lowest BCUT2D eigenvalue weighted by atomic mass is 10.0. The zero-order valence-electron chi connectivity index (χ0n) is 53.0. The molecule has 81 heavy (non-hydrogen) atoms. The third kappa shape index (κ3) is 66.5. The Kier molecular flexibility index (Phi) is 64.8. The van der Waals surface area contributed by atoms with Gasteiger partial charge >= 0.3 is 17.9 Å². The Bertz CT molecular complexity index is 1670. The largest absolute Gasteiger partial charge is 0.462 e. The maximum absolute atomic E-state index is 12.9. The first kappa shape index (κ1) is 76.8. The van der Waals surface area contributed by atoms with Crippen molar-refractivity contribution in [3.8, 4) is 0 Å². The van der Waals surface area contributed by atoms with E-state index in [0.29, 0.717) is 19.3 Å². The molecule has 0 N–H and O–H groups in total. The van der Waals surface area contributed by atoms with Crippen LogP contribution >= 0.6 is 0 Å². The van der Waals surface area contributed by atoms with E-state index < -0.39 is 6.10 Å². The zero-order chi connectivity index (χ0) is 58.5. The van der Waals surface area contributed by atoms with E-state index in [4.69, 9.17) is 14.2 Å². The van der Waals surface area contributed by atoms with Crippen molar-refractivity contribution in [2.75, 3.05) is 13.2 Å². The summed E-state index contributed by atoms with van der Waals surface area (Å²) in [5.41, 5.74) is 0. The van der Waals surface area contributed by atoms with Gasteiger partial charge in [0.2, 0.25) is 0 Å². The second kappa shape index (κ2) is 68.3. The van der Waals surface area contributed by atoms with Crippen LogP contribution in [-0.4, -0.2) is 37.2 Å². The molecule has 1 unspecified atom stereocenters. The SMILES string of the molecule is CC/C=C\C/C=C\C/C=C\C/C=C\C/C=C\CCCCCCCCCCCCCCCC(=O)OCC(COC(=O)CCCCCCCCCCC)OC(=O)CCCCCCCCCCC/C=C\C/C=C\C/C=C\C/C=C\C/C=C\CC. The fourth-order valence-corrected chi connectivity index (χ4v) is 9.44. The molecule has 0 aliphatic carbocycles. The molecular formula is C75H126O6. The van der Waals surface area contributed by atoms with Crippen molar-refractivity contribution >= 4 is 17.9 Å². The number of rotatable bonds is 61. The molecule has 0 aliphatic rings. The average Bonchev–Trinajstić information content (AvgIpc) is 3.47. The van der Waals surface area contributed by atoms with Crippen LogP contribution in [0, 0.1) is 0 Å². The summed E-state index contributed by atoms with van der Waals surface area (Å²) >= 11 is 0. The van der Waals surface area contributed by atoms with Gasteiger partial charge in [0.25, 0.3) is 0 Å². The van der Waals surface area contributed by atoms with Crippen LogP contribution in [0.3, 0.4) is 0 Å². The van der Waals surface area contributed by atoms with E-state index in [2.05, 4.69) is 142 Å². The Labute approximate surface area is 501 Å². The normalized spacial score (nSPS) is 12.9. The number of carbonyl (C=O) groups is 3. The number of ether oxygens (including phenoxy) is 3. The molecule has 0 saturated heterocycles. The molecule has 0 radical (unpaired) electrons. The highest BCUT2D eigenvalue weighted by atomic mass is 16.6. The van der Waals surface area contributed by atoms with Crippen LogP contribution < -0.4 is 0 Å². The number of allylic oxidation sites excluding steroid dienone is 20. The number of hydrogen-bond donors (Lipinski definition) is 0. The Morgan fingerprint density at radius 2 is 0.481 bits per heavy atom. The molecule has 0 amide bonds. The monoisotopic (exact) mass is 1120 g/mol. The van der Waals surface area contributed by atoms with Crippen LogP contribution in [0.25, 0.3) is 0 Å². The number of hydrogen-bond acceptors (Lipinski definition) is 6. The highest BCUT2D eigenvalue weighted by Crippen LogP contribution is 2.17. The van der Waals surface area contributed by atoms with Gasteiger partial charge in [0.15, 0.2) is 6.10 Å². The summed E-state index contributed by atoms with van der Waals surface area (Å²) in [5.74, 6) is -0.881. The van der Waals surface area contributed by atoms with Crippen LogP contribution in [0.2, 0.25) is 0 Å². The minimum Gasteiger partial charge on any atom is -0.462 e. The molecule has 1 atom stereocenters. The molecule has 0 bridgehead atoms. The van der Waals surface area contributed by atoms with Gasteiger partial charge in [-0.1, -0.05) is 309 Å². The molecule has 0 heterocycles. The lowest BCUT2D eigenvalue weighted by Crippen LogP contribution is -2.30. The second-order valence-corrected chi connectivity index (χ2v) is 22.3. The lowest BCUT2D eigenvalue weighted by molar-refractivity contribution is -0.167. The van der Waals surface area contributed by atoms with Crippen LogP contribution in [0.5, 0.6) is 0 Å². The maximum Gasteiger partial charge on any atom is 0.306 e. The number of carbonyl (C=O) groups excluding carboxylic acids is 3. The average molecular weight is 1120 g/mol. The molecule has 0 aromatic carbocycles. The lowest BCUT2D eigenvalue weighted by Gasteiger charge is -2.18. The molecule has 0 spiro atoms. The summed E-state index contributed by atoms with van der Waals surface area (Å²) < 4.78 is 16.9. The van der Waals surface area contributed by atoms with Crippen LogP contribution in [-0.2, 0) is 28.6 Å². The van der Waals surface area contributed by atoms with Crippen molar-refractivity contribution in [2.45, 2.75) is 322 Å². The van der Waals surface area contributed by atoms with E-state index in [1.165, 1.54) is 148 Å². The molecular weight excluding hydrogens is 997 g/mol. The quantitative estimate of drug-likeness (QED) is 0.0261. The fraction of sp³-hybridized carbons (Fsp3) is 0.693. The highest BCUT2D eigenvalue weighted by molar-refractivity contribution is 5.71. The van der Waals surface area contributed by atoms with Crippen molar-refractivity contribution in [1.82, 2.24) is 0 Å². The van der Waals surface area contributed by atoms with Gasteiger partial charge in [-0.25, -0.2) is 0 Å². The Morgan fingerprint density at radius 1 is 0.259 bits per heavy atom. The van der Waals surface area contributed by atoms with Gasteiger partial charge in [-0.3, -0.25) is 14.4 Å². The zero-order valence-corrected chi connectivity index (χ0v) is 53.0. The number of esters is 3. The summed E-state index contributed by atoms with van der Waals surface area (Å²) in [6.45, 7) is 6.41. The van der Waals surface area contributed by atoms with Crippen molar-refractivity contribution in [2.24, 2.45) is 0 Å². The van der Waals surface area contributed by atoms with Crippen LogP contribution in [0.15, 0.2) is 122 Å². The van der Waals surface area contributed by atoms with Gasteiger partial charge in [0.05, 0.1) is 0 Å². The first-order chi connectivity index (χ1) is 40.0. The summed E-state index contributed by atoms with van der Waals surface area (Å²) in [7, 11) is 0. The predicted octanol–water partition coefficient (Wildman–Crippen LogP) is 23.6. The van der Waals surface area contributed by atoms with Gasteiger partial charge in [-0.2, -0.15) is 0 Å². The van der Waals surface area contributed by atoms with E-state index in [9.17, 15) is 14.4 Å². The van der Waals surface area contributed by atoms with Crippen LogP contribution in [0.1, 0.15) is 316 Å². The number of unbranched alkanes of at least 4 members (excludes halogenated alkanes) is 30. The smallest absolute Gasteiger partial charge is 0.306 e. The van der Waals surface area contributed by atoms with Crippen molar-refractivity contribution in [1.29, 1.82) is 0 Å². The first-order valence-electron chi connectivity index (χ1n) is 34.0. The van der Waals surface area contributed by atoms with Crippen molar-refractivity contribution < 1.29 is 28.6 Å². The van der Waals surface area contributed by atoms with Crippen molar-refractivity contribution in [3.63, 3.8) is 0 Å². The summed E-state index contributed by atoms with van der Waals surface area (Å²) in [6.07, 6.45) is 95.1. The van der Waals surface area contributed by atoms with Gasteiger partial charge in [0.1, 0.15) is 13.2 Å². The van der Waals surface area contributed by atoms with E-state index in [-0.39, 0.29) is 31.1 Å². The fourth-order valence-electron chi connectivity index (χ4n) is 9.44. The molecule has 0 aliphatic heterocycles. The molecule has 0 fully saturated rings. The molecule has 0 aromatic heterocycles. The third-order valence-electron chi connectivity index (χ3n) is 14.5. The molecule has 0 saturated carbocycles. The molecule has 0 aromatic rings.